The highest BCUT2D eigenvalue weighted by Crippen LogP contribution is 2.31. The van der Waals surface area contributed by atoms with Crippen LogP contribution in [-0.4, -0.2) is 52.2 Å². The van der Waals surface area contributed by atoms with Gasteiger partial charge < -0.3 is 10.6 Å². The Labute approximate surface area is 165 Å². The Hall–Kier alpha value is -2.25. The zero-order valence-electron chi connectivity index (χ0n) is 16.4. The summed E-state index contributed by atoms with van der Waals surface area (Å²) >= 11 is 0. The van der Waals surface area contributed by atoms with E-state index in [1.807, 2.05) is 18.2 Å². The van der Waals surface area contributed by atoms with Crippen molar-refractivity contribution in [2.75, 3.05) is 13.1 Å². The molecule has 3 aliphatic rings. The van der Waals surface area contributed by atoms with Crippen LogP contribution in [0, 0.1) is 0 Å². The number of fused-ring (bicyclic) bond motifs is 1. The van der Waals surface area contributed by atoms with Crippen LogP contribution < -0.4 is 11.1 Å². The Bertz CT molecular complexity index is 814. The molecule has 7 heteroatoms. The lowest BCUT2D eigenvalue weighted by atomic mass is 9.86. The topological polar surface area (TPSA) is 95.7 Å². The summed E-state index contributed by atoms with van der Waals surface area (Å²) in [5.74, 6) is -0.730. The molecule has 28 heavy (non-hydrogen) atoms. The number of amides is 3. The highest BCUT2D eigenvalue weighted by molar-refractivity contribution is 6.05. The minimum atomic E-state index is -0.567. The first-order valence-electron chi connectivity index (χ1n) is 10.2. The summed E-state index contributed by atoms with van der Waals surface area (Å²) in [5, 5.41) is 2.36. The molecule has 0 spiro atoms. The standard InChI is InChI=1S/C21H28N4O3/c1-2-21(22)8-10-24(11-9-21)12-14-4-3-5-15-13-25(20(28)18(14)15)16-6-7-17(26)23-19(16)27/h3-5,16H,2,6-13,22H2,1H3,(H,23,26,27). The van der Waals surface area contributed by atoms with Gasteiger partial charge in [0.2, 0.25) is 11.8 Å². The van der Waals surface area contributed by atoms with Gasteiger partial charge in [-0.15, -0.1) is 0 Å². The maximum atomic E-state index is 13.2. The van der Waals surface area contributed by atoms with Crippen LogP contribution >= 0.6 is 0 Å². The van der Waals surface area contributed by atoms with Crippen molar-refractivity contribution in [2.45, 2.75) is 63.7 Å². The number of rotatable bonds is 4. The maximum absolute atomic E-state index is 13.2. The van der Waals surface area contributed by atoms with Crippen LogP contribution in [-0.2, 0) is 22.7 Å². The number of nitrogens with zero attached hydrogens (tertiary/aromatic N) is 2. The minimum absolute atomic E-state index is 0.0620. The van der Waals surface area contributed by atoms with E-state index < -0.39 is 6.04 Å². The van der Waals surface area contributed by atoms with E-state index in [0.717, 1.165) is 55.6 Å². The fraction of sp³-hybridized carbons (Fsp3) is 0.571. The van der Waals surface area contributed by atoms with Gasteiger partial charge in [-0.25, -0.2) is 0 Å². The fourth-order valence-corrected chi connectivity index (χ4v) is 4.57. The normalized spacial score (nSPS) is 25.0. The first kappa shape index (κ1) is 19.1. The van der Waals surface area contributed by atoms with Crippen LogP contribution in [0.4, 0.5) is 0 Å². The van der Waals surface area contributed by atoms with E-state index in [1.54, 1.807) is 4.90 Å². The molecule has 1 atom stereocenters. The molecule has 3 N–H and O–H groups in total. The number of imide groups is 1. The second kappa shape index (κ2) is 7.29. The van der Waals surface area contributed by atoms with Gasteiger partial charge >= 0.3 is 0 Å². The monoisotopic (exact) mass is 384 g/mol. The van der Waals surface area contributed by atoms with Gasteiger partial charge in [0.15, 0.2) is 0 Å². The Morgan fingerprint density at radius 1 is 1.21 bits per heavy atom. The Morgan fingerprint density at radius 3 is 2.64 bits per heavy atom. The fourth-order valence-electron chi connectivity index (χ4n) is 4.57. The predicted octanol–water partition coefficient (Wildman–Crippen LogP) is 1.15. The van der Waals surface area contributed by atoms with E-state index in [-0.39, 0.29) is 29.7 Å². The highest BCUT2D eigenvalue weighted by Gasteiger charge is 2.40. The average Bonchev–Trinajstić information content (AvgIpc) is 3.01. The average molecular weight is 384 g/mol. The van der Waals surface area contributed by atoms with E-state index in [2.05, 4.69) is 17.1 Å². The number of piperidine rings is 2. The molecule has 0 aromatic heterocycles. The maximum Gasteiger partial charge on any atom is 0.255 e. The van der Waals surface area contributed by atoms with Crippen LogP contribution in [0.3, 0.4) is 0 Å². The molecule has 150 valence electrons. The van der Waals surface area contributed by atoms with E-state index in [4.69, 9.17) is 5.73 Å². The van der Waals surface area contributed by atoms with Crippen molar-refractivity contribution in [1.29, 1.82) is 0 Å². The number of nitrogens with two attached hydrogens (primary N) is 1. The lowest BCUT2D eigenvalue weighted by Crippen LogP contribution is -2.52. The molecule has 1 aromatic rings. The van der Waals surface area contributed by atoms with Gasteiger partial charge in [0.25, 0.3) is 5.91 Å². The second-order valence-electron chi connectivity index (χ2n) is 8.34. The molecule has 0 bridgehead atoms. The van der Waals surface area contributed by atoms with Crippen molar-refractivity contribution in [2.24, 2.45) is 5.73 Å². The summed E-state index contributed by atoms with van der Waals surface area (Å²) in [6.07, 6.45) is 3.58. The SMILES string of the molecule is CCC1(N)CCN(Cc2cccc3c2C(=O)N(C2CCC(=O)NC2=O)C3)CC1. The zero-order valence-corrected chi connectivity index (χ0v) is 16.4. The molecule has 3 aliphatic heterocycles. The third-order valence-electron chi connectivity index (χ3n) is 6.59. The quantitative estimate of drug-likeness (QED) is 0.760. The summed E-state index contributed by atoms with van der Waals surface area (Å²) in [7, 11) is 0. The Morgan fingerprint density at radius 2 is 1.96 bits per heavy atom. The Kier molecular flexibility index (Phi) is 4.97. The predicted molar refractivity (Wildman–Crippen MR) is 104 cm³/mol. The number of benzene rings is 1. The number of likely N-dealkylation sites (tertiary alicyclic amines) is 1. The van der Waals surface area contributed by atoms with Gasteiger partial charge in [0.1, 0.15) is 6.04 Å². The molecule has 0 radical (unpaired) electrons. The summed E-state index contributed by atoms with van der Waals surface area (Å²) in [4.78, 5) is 40.8. The third kappa shape index (κ3) is 3.44. The molecule has 2 fully saturated rings. The lowest BCUT2D eigenvalue weighted by molar-refractivity contribution is -0.136. The Balaban J connectivity index is 1.50. The summed E-state index contributed by atoms with van der Waals surface area (Å²) in [6, 6.07) is 5.39. The van der Waals surface area contributed by atoms with Gasteiger partial charge in [-0.3, -0.25) is 24.6 Å². The van der Waals surface area contributed by atoms with Crippen LogP contribution in [0.2, 0.25) is 0 Å². The first-order chi connectivity index (χ1) is 13.4. The van der Waals surface area contributed by atoms with E-state index in [0.29, 0.717) is 13.0 Å². The van der Waals surface area contributed by atoms with E-state index in [1.165, 1.54) is 0 Å². The number of carbonyl (C=O) groups excluding carboxylic acids is 3. The van der Waals surface area contributed by atoms with Crippen molar-refractivity contribution in [3.05, 3.63) is 34.9 Å². The molecule has 2 saturated heterocycles. The highest BCUT2D eigenvalue weighted by atomic mass is 16.2. The number of nitrogens with one attached hydrogen (secondary N) is 1. The van der Waals surface area contributed by atoms with E-state index >= 15 is 0 Å². The third-order valence-corrected chi connectivity index (χ3v) is 6.59. The van der Waals surface area contributed by atoms with E-state index in [9.17, 15) is 14.4 Å². The van der Waals surface area contributed by atoms with Gasteiger partial charge in [0, 0.05) is 43.7 Å². The zero-order chi connectivity index (χ0) is 19.9. The van der Waals surface area contributed by atoms with Crippen LogP contribution in [0.1, 0.15) is 60.5 Å². The van der Waals surface area contributed by atoms with Crippen LogP contribution in [0.25, 0.3) is 0 Å². The second-order valence-corrected chi connectivity index (χ2v) is 8.34. The number of hydrogen-bond acceptors (Lipinski definition) is 5. The smallest absolute Gasteiger partial charge is 0.255 e. The number of hydrogen-bond donors (Lipinski definition) is 2. The van der Waals surface area contributed by atoms with Crippen LogP contribution in [0.15, 0.2) is 18.2 Å². The van der Waals surface area contributed by atoms with Gasteiger partial charge in [-0.05, 0) is 36.8 Å². The molecule has 7 nitrogen and oxygen atoms in total. The molecule has 0 aliphatic carbocycles. The molecular formula is C21H28N4O3. The molecule has 3 amide bonds. The van der Waals surface area contributed by atoms with Gasteiger partial charge in [0.05, 0.1) is 0 Å². The first-order valence-corrected chi connectivity index (χ1v) is 10.2. The van der Waals surface area contributed by atoms with Crippen molar-refractivity contribution in [1.82, 2.24) is 15.1 Å². The molecule has 4 rings (SSSR count). The van der Waals surface area contributed by atoms with Crippen molar-refractivity contribution in [3.8, 4) is 0 Å². The van der Waals surface area contributed by atoms with Crippen molar-refractivity contribution >= 4 is 17.7 Å². The summed E-state index contributed by atoms with van der Waals surface area (Å²) < 4.78 is 0. The number of carbonyl (C=O) groups is 3. The summed E-state index contributed by atoms with van der Waals surface area (Å²) in [6.45, 7) is 5.15. The summed E-state index contributed by atoms with van der Waals surface area (Å²) in [5.41, 5.74) is 9.04. The van der Waals surface area contributed by atoms with Gasteiger partial charge in [-0.2, -0.15) is 0 Å². The van der Waals surface area contributed by atoms with Crippen LogP contribution in [0.5, 0.6) is 0 Å². The minimum Gasteiger partial charge on any atom is -0.325 e. The molecule has 1 unspecified atom stereocenters. The largest absolute Gasteiger partial charge is 0.325 e. The molecule has 1 aromatic carbocycles. The van der Waals surface area contributed by atoms with Crippen molar-refractivity contribution < 1.29 is 14.4 Å². The van der Waals surface area contributed by atoms with Gasteiger partial charge in [-0.1, -0.05) is 25.1 Å². The molecule has 3 heterocycles. The molecule has 0 saturated carbocycles. The molecular weight excluding hydrogens is 356 g/mol. The lowest BCUT2D eigenvalue weighted by Gasteiger charge is -2.38. The van der Waals surface area contributed by atoms with Crippen molar-refractivity contribution in [3.63, 3.8) is 0 Å².